The van der Waals surface area contributed by atoms with Gasteiger partial charge in [0.1, 0.15) is 6.04 Å². The summed E-state index contributed by atoms with van der Waals surface area (Å²) in [4.78, 5) is 45.6. The van der Waals surface area contributed by atoms with Gasteiger partial charge in [-0.05, 0) is 19.3 Å². The van der Waals surface area contributed by atoms with E-state index in [1.165, 1.54) is 0 Å². The lowest BCUT2D eigenvalue weighted by molar-refractivity contribution is -0.156. The lowest BCUT2D eigenvalue weighted by Gasteiger charge is -2.32. The highest BCUT2D eigenvalue weighted by Crippen LogP contribution is 2.17. The third-order valence-electron chi connectivity index (χ3n) is 2.87. The summed E-state index contributed by atoms with van der Waals surface area (Å²) in [5, 5.41) is 19.6. The minimum absolute atomic E-state index is 0.161. The van der Waals surface area contributed by atoms with Crippen molar-refractivity contribution in [2.75, 3.05) is 13.1 Å². The predicted molar refractivity (Wildman–Crippen MR) is 62.3 cm³/mol. The molecule has 1 aliphatic heterocycles. The van der Waals surface area contributed by atoms with Crippen molar-refractivity contribution in [3.05, 3.63) is 0 Å². The molecule has 0 bridgehead atoms. The van der Waals surface area contributed by atoms with Crippen LogP contribution in [0, 0.1) is 0 Å². The predicted octanol–water partition coefficient (Wildman–Crippen LogP) is -0.957. The molecule has 0 radical (unpaired) electrons. The summed E-state index contributed by atoms with van der Waals surface area (Å²) >= 11 is 0. The molecule has 8 nitrogen and oxygen atoms in total. The standard InChI is InChI=1S/C11H16N2O6/c14-8(15)4-5-12-9(16)10(17)13-6-2-1-3-7(13)11(18)19/h7H,1-6H2,(H,12,16)(H,14,15)(H,18,19)/t7-/m1/s1. The van der Waals surface area contributed by atoms with Gasteiger partial charge in [-0.25, -0.2) is 4.79 Å². The van der Waals surface area contributed by atoms with Crippen molar-refractivity contribution in [1.29, 1.82) is 0 Å². The molecule has 19 heavy (non-hydrogen) atoms. The van der Waals surface area contributed by atoms with Gasteiger partial charge in [-0.2, -0.15) is 0 Å². The molecule has 0 aromatic carbocycles. The Morgan fingerprint density at radius 2 is 1.84 bits per heavy atom. The molecule has 0 aromatic rings. The molecule has 1 fully saturated rings. The van der Waals surface area contributed by atoms with Crippen molar-refractivity contribution in [1.82, 2.24) is 10.2 Å². The van der Waals surface area contributed by atoms with Crippen molar-refractivity contribution in [3.63, 3.8) is 0 Å². The number of nitrogens with one attached hydrogen (secondary N) is 1. The second-order valence-corrected chi connectivity index (χ2v) is 4.25. The van der Waals surface area contributed by atoms with Gasteiger partial charge in [0.05, 0.1) is 6.42 Å². The zero-order chi connectivity index (χ0) is 14.4. The van der Waals surface area contributed by atoms with Crippen LogP contribution in [0.25, 0.3) is 0 Å². The molecule has 2 amide bonds. The highest BCUT2D eigenvalue weighted by atomic mass is 16.4. The SMILES string of the molecule is O=C(O)CCNC(=O)C(=O)N1CCCC[C@@H]1C(=O)O. The lowest BCUT2D eigenvalue weighted by atomic mass is 10.0. The number of rotatable bonds is 4. The van der Waals surface area contributed by atoms with Gasteiger partial charge in [-0.15, -0.1) is 0 Å². The third-order valence-corrected chi connectivity index (χ3v) is 2.87. The second kappa shape index (κ2) is 6.72. The fraction of sp³-hybridized carbons (Fsp3) is 0.636. The highest BCUT2D eigenvalue weighted by Gasteiger charge is 2.34. The molecule has 0 saturated carbocycles. The zero-order valence-corrected chi connectivity index (χ0v) is 10.3. The first-order valence-electron chi connectivity index (χ1n) is 5.97. The molecule has 8 heteroatoms. The molecular weight excluding hydrogens is 256 g/mol. The van der Waals surface area contributed by atoms with E-state index in [0.717, 1.165) is 4.90 Å². The van der Waals surface area contributed by atoms with Gasteiger partial charge in [0.2, 0.25) is 0 Å². The Morgan fingerprint density at radius 3 is 2.42 bits per heavy atom. The first-order valence-corrected chi connectivity index (χ1v) is 5.97. The van der Waals surface area contributed by atoms with Crippen LogP contribution in [-0.2, 0) is 19.2 Å². The van der Waals surface area contributed by atoms with Crippen LogP contribution in [0.4, 0.5) is 0 Å². The average molecular weight is 272 g/mol. The highest BCUT2D eigenvalue weighted by molar-refractivity contribution is 6.35. The van der Waals surface area contributed by atoms with Crippen LogP contribution in [0.1, 0.15) is 25.7 Å². The van der Waals surface area contributed by atoms with E-state index in [9.17, 15) is 19.2 Å². The molecule has 1 rings (SSSR count). The number of carboxylic acids is 2. The Balaban J connectivity index is 2.56. The number of carbonyl (C=O) groups is 4. The van der Waals surface area contributed by atoms with E-state index in [0.29, 0.717) is 19.3 Å². The summed E-state index contributed by atoms with van der Waals surface area (Å²) in [5.74, 6) is -4.10. The number of hydrogen-bond acceptors (Lipinski definition) is 4. The molecule has 1 aliphatic rings. The molecule has 0 unspecified atom stereocenters. The first kappa shape index (κ1) is 14.9. The van der Waals surface area contributed by atoms with Gasteiger partial charge in [0, 0.05) is 13.1 Å². The topological polar surface area (TPSA) is 124 Å². The number of nitrogens with zero attached hydrogens (tertiary/aromatic N) is 1. The summed E-state index contributed by atoms with van der Waals surface area (Å²) in [6, 6.07) is -0.980. The van der Waals surface area contributed by atoms with E-state index in [-0.39, 0.29) is 19.5 Å². The van der Waals surface area contributed by atoms with Crippen LogP contribution in [0.15, 0.2) is 0 Å². The number of carboxylic acid groups (broad SMARTS) is 2. The van der Waals surface area contributed by atoms with Gasteiger partial charge in [0.15, 0.2) is 0 Å². The summed E-state index contributed by atoms with van der Waals surface area (Å²) in [6.07, 6.45) is 1.38. The quantitative estimate of drug-likeness (QED) is 0.566. The molecule has 0 aromatic heterocycles. The van der Waals surface area contributed by atoms with Crippen molar-refractivity contribution in [3.8, 4) is 0 Å². The van der Waals surface area contributed by atoms with Crippen LogP contribution in [0.2, 0.25) is 0 Å². The molecule has 106 valence electrons. The maximum absolute atomic E-state index is 11.8. The maximum atomic E-state index is 11.8. The van der Waals surface area contributed by atoms with Gasteiger partial charge >= 0.3 is 23.8 Å². The molecule has 1 atom stereocenters. The zero-order valence-electron chi connectivity index (χ0n) is 10.3. The van der Waals surface area contributed by atoms with E-state index in [1.54, 1.807) is 0 Å². The van der Waals surface area contributed by atoms with Crippen molar-refractivity contribution in [2.45, 2.75) is 31.7 Å². The van der Waals surface area contributed by atoms with Crippen molar-refractivity contribution in [2.24, 2.45) is 0 Å². The molecular formula is C11H16N2O6. The summed E-state index contributed by atoms with van der Waals surface area (Å²) in [6.45, 7) is 0.0631. The normalized spacial score (nSPS) is 18.7. The van der Waals surface area contributed by atoms with Crippen molar-refractivity contribution < 1.29 is 29.4 Å². The Hall–Kier alpha value is -2.12. The Labute approximate surface area is 109 Å². The van der Waals surface area contributed by atoms with E-state index in [4.69, 9.17) is 10.2 Å². The maximum Gasteiger partial charge on any atom is 0.326 e. The number of aliphatic carboxylic acids is 2. The smallest absolute Gasteiger partial charge is 0.326 e. The van der Waals surface area contributed by atoms with Crippen LogP contribution >= 0.6 is 0 Å². The van der Waals surface area contributed by atoms with Crippen LogP contribution < -0.4 is 5.32 Å². The molecule has 3 N–H and O–H groups in total. The van der Waals surface area contributed by atoms with Crippen LogP contribution in [-0.4, -0.2) is 58.0 Å². The largest absolute Gasteiger partial charge is 0.481 e. The van der Waals surface area contributed by atoms with E-state index in [1.807, 2.05) is 0 Å². The minimum Gasteiger partial charge on any atom is -0.481 e. The van der Waals surface area contributed by atoms with E-state index in [2.05, 4.69) is 5.32 Å². The Bertz CT molecular complexity index is 395. The molecule has 1 heterocycles. The Kier molecular flexibility index (Phi) is 5.28. The van der Waals surface area contributed by atoms with Crippen LogP contribution in [0.5, 0.6) is 0 Å². The minimum atomic E-state index is -1.13. The number of likely N-dealkylation sites (tertiary alicyclic amines) is 1. The molecule has 0 spiro atoms. The number of amides is 2. The van der Waals surface area contributed by atoms with E-state index >= 15 is 0 Å². The van der Waals surface area contributed by atoms with Crippen molar-refractivity contribution >= 4 is 23.8 Å². The number of carbonyl (C=O) groups excluding carboxylic acids is 2. The lowest BCUT2D eigenvalue weighted by Crippen LogP contribution is -2.53. The number of hydrogen-bond donors (Lipinski definition) is 3. The second-order valence-electron chi connectivity index (χ2n) is 4.25. The molecule has 1 saturated heterocycles. The summed E-state index contributed by atoms with van der Waals surface area (Å²) in [5.41, 5.74) is 0. The monoisotopic (exact) mass is 272 g/mol. The average Bonchev–Trinajstić information content (AvgIpc) is 2.37. The third kappa shape index (κ3) is 4.23. The van der Waals surface area contributed by atoms with Gasteiger partial charge in [0.25, 0.3) is 0 Å². The summed E-state index contributed by atoms with van der Waals surface area (Å²) in [7, 11) is 0. The molecule has 0 aliphatic carbocycles. The Morgan fingerprint density at radius 1 is 1.16 bits per heavy atom. The fourth-order valence-electron chi connectivity index (χ4n) is 1.92. The van der Waals surface area contributed by atoms with E-state index < -0.39 is 29.8 Å². The van der Waals surface area contributed by atoms with Crippen LogP contribution in [0.3, 0.4) is 0 Å². The van der Waals surface area contributed by atoms with Gasteiger partial charge in [-0.3, -0.25) is 14.4 Å². The first-order chi connectivity index (χ1) is 8.93. The summed E-state index contributed by atoms with van der Waals surface area (Å²) < 4.78 is 0. The van der Waals surface area contributed by atoms with Gasteiger partial charge < -0.3 is 20.4 Å². The number of piperidine rings is 1. The fourth-order valence-corrected chi connectivity index (χ4v) is 1.92. The van der Waals surface area contributed by atoms with Gasteiger partial charge in [-0.1, -0.05) is 0 Å².